The van der Waals surface area contributed by atoms with Crippen molar-refractivity contribution in [2.75, 3.05) is 7.11 Å². The number of rotatable bonds is 3. The minimum absolute atomic E-state index is 0.251. The van der Waals surface area contributed by atoms with Crippen LogP contribution in [0.15, 0.2) is 36.4 Å². The minimum atomic E-state index is -0.306. The second-order valence-corrected chi connectivity index (χ2v) is 5.05. The van der Waals surface area contributed by atoms with Crippen LogP contribution in [0.2, 0.25) is 0 Å². The number of hydrogen-bond acceptors (Lipinski definition) is 2. The number of benzene rings is 2. The van der Waals surface area contributed by atoms with E-state index in [0.29, 0.717) is 11.3 Å². The Labute approximate surface area is 126 Å². The summed E-state index contributed by atoms with van der Waals surface area (Å²) in [4.78, 5) is 4.40. The lowest BCUT2D eigenvalue weighted by atomic mass is 10.2. The van der Waals surface area contributed by atoms with Gasteiger partial charge in [0.2, 0.25) is 0 Å². The summed E-state index contributed by atoms with van der Waals surface area (Å²) >= 11 is 5.99. The van der Waals surface area contributed by atoms with Crippen LogP contribution in [-0.4, -0.2) is 16.7 Å². The quantitative estimate of drug-likeness (QED) is 0.677. The molecule has 0 radical (unpaired) electrons. The third kappa shape index (κ3) is 2.36. The van der Waals surface area contributed by atoms with Gasteiger partial charge in [0.05, 0.1) is 24.0 Å². The van der Waals surface area contributed by atoms with E-state index in [2.05, 4.69) is 4.98 Å². The summed E-state index contributed by atoms with van der Waals surface area (Å²) in [5.41, 5.74) is 3.37. The first kappa shape index (κ1) is 13.9. The first-order valence-electron chi connectivity index (χ1n) is 6.52. The number of halogens is 2. The van der Waals surface area contributed by atoms with Gasteiger partial charge in [-0.05, 0) is 42.8 Å². The molecule has 21 heavy (non-hydrogen) atoms. The highest BCUT2D eigenvalue weighted by Crippen LogP contribution is 2.27. The fourth-order valence-electron chi connectivity index (χ4n) is 2.48. The summed E-state index contributed by atoms with van der Waals surface area (Å²) in [5.74, 6) is 1.45. The third-order valence-corrected chi connectivity index (χ3v) is 3.68. The van der Waals surface area contributed by atoms with Gasteiger partial charge >= 0.3 is 0 Å². The Morgan fingerprint density at radius 2 is 2.05 bits per heavy atom. The molecule has 5 heteroatoms. The Balaban J connectivity index is 2.25. The van der Waals surface area contributed by atoms with Crippen molar-refractivity contribution < 1.29 is 9.13 Å². The molecule has 0 saturated heterocycles. The van der Waals surface area contributed by atoms with E-state index in [1.165, 1.54) is 12.1 Å². The largest absolute Gasteiger partial charge is 0.496 e. The van der Waals surface area contributed by atoms with Gasteiger partial charge in [-0.1, -0.05) is 0 Å². The van der Waals surface area contributed by atoms with Crippen molar-refractivity contribution in [1.29, 1.82) is 0 Å². The molecule has 0 aliphatic rings. The molecule has 108 valence electrons. The van der Waals surface area contributed by atoms with E-state index in [-0.39, 0.29) is 11.7 Å². The van der Waals surface area contributed by atoms with Gasteiger partial charge in [-0.15, -0.1) is 11.6 Å². The van der Waals surface area contributed by atoms with E-state index in [4.69, 9.17) is 16.3 Å². The Morgan fingerprint density at radius 1 is 1.24 bits per heavy atom. The number of methoxy groups -OCH3 is 1. The van der Waals surface area contributed by atoms with Crippen molar-refractivity contribution in [2.24, 2.45) is 0 Å². The highest BCUT2D eigenvalue weighted by Gasteiger charge is 2.13. The molecule has 2 aromatic carbocycles. The molecule has 0 spiro atoms. The Hall–Kier alpha value is -2.07. The van der Waals surface area contributed by atoms with Crippen LogP contribution in [-0.2, 0) is 5.88 Å². The summed E-state index contributed by atoms with van der Waals surface area (Å²) < 4.78 is 20.6. The number of imidazole rings is 1. The summed E-state index contributed by atoms with van der Waals surface area (Å²) in [5, 5.41) is 0. The van der Waals surface area contributed by atoms with E-state index in [9.17, 15) is 4.39 Å². The molecule has 0 bridgehead atoms. The van der Waals surface area contributed by atoms with Crippen molar-refractivity contribution in [3.8, 4) is 11.4 Å². The number of hydrogen-bond donors (Lipinski definition) is 0. The minimum Gasteiger partial charge on any atom is -0.496 e. The molecule has 0 N–H and O–H groups in total. The zero-order valence-electron chi connectivity index (χ0n) is 11.7. The van der Waals surface area contributed by atoms with Crippen LogP contribution >= 0.6 is 11.6 Å². The second kappa shape index (κ2) is 5.37. The molecular formula is C16H14ClFN2O. The van der Waals surface area contributed by atoms with Gasteiger partial charge in [-0.3, -0.25) is 4.57 Å². The van der Waals surface area contributed by atoms with Crippen molar-refractivity contribution in [3.63, 3.8) is 0 Å². The monoisotopic (exact) mass is 304 g/mol. The van der Waals surface area contributed by atoms with Crippen LogP contribution in [0.4, 0.5) is 4.39 Å². The van der Waals surface area contributed by atoms with Gasteiger partial charge in [0.25, 0.3) is 0 Å². The predicted molar refractivity (Wildman–Crippen MR) is 81.9 cm³/mol. The van der Waals surface area contributed by atoms with Gasteiger partial charge in [0, 0.05) is 11.8 Å². The Kier molecular flexibility index (Phi) is 3.55. The smallest absolute Gasteiger partial charge is 0.129 e. The number of nitrogens with zero attached hydrogens (tertiary/aromatic N) is 2. The maximum Gasteiger partial charge on any atom is 0.129 e. The molecule has 0 unspecified atom stereocenters. The van der Waals surface area contributed by atoms with Crippen molar-refractivity contribution >= 4 is 22.6 Å². The summed E-state index contributed by atoms with van der Waals surface area (Å²) in [6, 6.07) is 10.4. The maximum atomic E-state index is 13.3. The molecule has 1 aromatic heterocycles. The molecule has 0 atom stereocenters. The summed E-state index contributed by atoms with van der Waals surface area (Å²) in [7, 11) is 1.64. The first-order chi connectivity index (χ1) is 10.1. The number of aryl methyl sites for hydroxylation is 1. The number of ether oxygens (including phenoxy) is 1. The average Bonchev–Trinajstić information content (AvgIpc) is 2.84. The van der Waals surface area contributed by atoms with Gasteiger partial charge in [0.15, 0.2) is 0 Å². The normalized spacial score (nSPS) is 11.0. The molecule has 0 aliphatic carbocycles. The van der Waals surface area contributed by atoms with Crippen LogP contribution in [0.5, 0.6) is 5.75 Å². The molecule has 0 fully saturated rings. The van der Waals surface area contributed by atoms with Crippen molar-refractivity contribution in [3.05, 3.63) is 53.6 Å². The second-order valence-electron chi connectivity index (χ2n) is 4.78. The predicted octanol–water partition coefficient (Wildman–Crippen LogP) is 4.22. The van der Waals surface area contributed by atoms with Crippen LogP contribution in [0, 0.1) is 12.7 Å². The molecule has 3 nitrogen and oxygen atoms in total. The molecule has 3 aromatic rings. The fraction of sp³-hybridized carbons (Fsp3) is 0.188. The third-order valence-electron chi connectivity index (χ3n) is 3.44. The van der Waals surface area contributed by atoms with E-state index >= 15 is 0 Å². The van der Waals surface area contributed by atoms with Gasteiger partial charge in [-0.25, -0.2) is 9.37 Å². The molecule has 3 rings (SSSR count). The standard InChI is InChI=1S/C16H14ClFN2O/c1-10-7-12(4-6-15(10)21-2)20-14-5-3-11(18)8-13(14)19-16(20)9-17/h3-8H,9H2,1-2H3. The number of aromatic nitrogens is 2. The number of fused-ring (bicyclic) bond motifs is 1. The highest BCUT2D eigenvalue weighted by molar-refractivity contribution is 6.17. The zero-order chi connectivity index (χ0) is 15.0. The van der Waals surface area contributed by atoms with Crippen LogP contribution < -0.4 is 4.74 Å². The van der Waals surface area contributed by atoms with Gasteiger partial charge in [-0.2, -0.15) is 0 Å². The van der Waals surface area contributed by atoms with Crippen molar-refractivity contribution in [2.45, 2.75) is 12.8 Å². The SMILES string of the molecule is COc1ccc(-n2c(CCl)nc3cc(F)ccc32)cc1C. The first-order valence-corrected chi connectivity index (χ1v) is 7.05. The molecule has 0 aliphatic heterocycles. The maximum absolute atomic E-state index is 13.3. The topological polar surface area (TPSA) is 27.1 Å². The van der Waals surface area contributed by atoms with Crippen LogP contribution in [0.3, 0.4) is 0 Å². The lowest BCUT2D eigenvalue weighted by molar-refractivity contribution is 0.411. The molecule has 0 amide bonds. The average molecular weight is 305 g/mol. The van der Waals surface area contributed by atoms with Gasteiger partial charge < -0.3 is 4.74 Å². The highest BCUT2D eigenvalue weighted by atomic mass is 35.5. The van der Waals surface area contributed by atoms with E-state index in [1.54, 1.807) is 13.2 Å². The van der Waals surface area contributed by atoms with Crippen LogP contribution in [0.1, 0.15) is 11.4 Å². The summed E-state index contributed by atoms with van der Waals surface area (Å²) in [6.07, 6.45) is 0. The summed E-state index contributed by atoms with van der Waals surface area (Å²) in [6.45, 7) is 1.97. The van der Waals surface area contributed by atoms with E-state index in [0.717, 1.165) is 22.5 Å². The van der Waals surface area contributed by atoms with Crippen molar-refractivity contribution in [1.82, 2.24) is 9.55 Å². The molecule has 0 saturated carbocycles. The molecule has 1 heterocycles. The Bertz CT molecular complexity index is 813. The lowest BCUT2D eigenvalue weighted by Gasteiger charge is -2.11. The lowest BCUT2D eigenvalue weighted by Crippen LogP contribution is -2.00. The number of alkyl halides is 1. The van der Waals surface area contributed by atoms with Crippen LogP contribution in [0.25, 0.3) is 16.7 Å². The molecular weight excluding hydrogens is 291 g/mol. The van der Waals surface area contributed by atoms with E-state index < -0.39 is 0 Å². The van der Waals surface area contributed by atoms with E-state index in [1.807, 2.05) is 29.7 Å². The fourth-order valence-corrected chi connectivity index (χ4v) is 2.66. The zero-order valence-corrected chi connectivity index (χ0v) is 12.5. The van der Waals surface area contributed by atoms with Gasteiger partial charge in [0.1, 0.15) is 17.4 Å². The Morgan fingerprint density at radius 3 is 2.71 bits per heavy atom.